The minimum atomic E-state index is -0.0474. The van der Waals surface area contributed by atoms with E-state index in [1.807, 2.05) is 0 Å². The molecule has 0 radical (unpaired) electrons. The number of aliphatic hydroxyl groups is 1. The Morgan fingerprint density at radius 1 is 1.06 bits per heavy atom. The molecule has 2 fully saturated rings. The lowest BCUT2D eigenvalue weighted by atomic mass is 9.99. The minimum Gasteiger partial charge on any atom is -0.393 e. The molecule has 16 heavy (non-hydrogen) atoms. The van der Waals surface area contributed by atoms with Gasteiger partial charge in [-0.05, 0) is 32.6 Å². The summed E-state index contributed by atoms with van der Waals surface area (Å²) in [4.78, 5) is 5.02. The van der Waals surface area contributed by atoms with Gasteiger partial charge in [-0.1, -0.05) is 0 Å². The zero-order chi connectivity index (χ0) is 11.5. The van der Waals surface area contributed by atoms with Crippen LogP contribution >= 0.6 is 12.6 Å². The van der Waals surface area contributed by atoms with Crippen LogP contribution in [0.25, 0.3) is 0 Å². The molecule has 4 heteroatoms. The molecule has 0 bridgehead atoms. The largest absolute Gasteiger partial charge is 0.393 e. The summed E-state index contributed by atoms with van der Waals surface area (Å²) in [6.07, 6.45) is 4.41. The predicted molar refractivity (Wildman–Crippen MR) is 69.9 cm³/mol. The second kappa shape index (κ2) is 5.71. The summed E-state index contributed by atoms with van der Waals surface area (Å²) in [6, 6.07) is 0.746. The average Bonchev–Trinajstić information content (AvgIpc) is 2.30. The second-order valence-corrected chi connectivity index (χ2v) is 5.91. The smallest absolute Gasteiger partial charge is 0.0564 e. The Balaban J connectivity index is 1.76. The van der Waals surface area contributed by atoms with Gasteiger partial charge in [0.1, 0.15) is 0 Å². The van der Waals surface area contributed by atoms with Gasteiger partial charge < -0.3 is 10.0 Å². The number of likely N-dealkylation sites (tertiary alicyclic amines) is 2. The molecule has 0 saturated carbocycles. The highest BCUT2D eigenvalue weighted by Gasteiger charge is 2.28. The first-order valence-corrected chi connectivity index (χ1v) is 7.02. The maximum atomic E-state index is 9.50. The zero-order valence-corrected chi connectivity index (χ0v) is 11.1. The van der Waals surface area contributed by atoms with Crippen molar-refractivity contribution in [2.24, 2.45) is 0 Å². The summed E-state index contributed by atoms with van der Waals surface area (Å²) in [6.45, 7) is 6.67. The Bertz CT molecular complexity index is 209. The average molecular weight is 244 g/mol. The van der Waals surface area contributed by atoms with E-state index in [-0.39, 0.29) is 6.10 Å². The van der Waals surface area contributed by atoms with Crippen LogP contribution in [0.15, 0.2) is 0 Å². The maximum Gasteiger partial charge on any atom is 0.0564 e. The van der Waals surface area contributed by atoms with E-state index < -0.39 is 0 Å². The summed E-state index contributed by atoms with van der Waals surface area (Å²) < 4.78 is 0. The van der Waals surface area contributed by atoms with Gasteiger partial charge in [0, 0.05) is 37.6 Å². The molecular formula is C12H24N2OS. The van der Waals surface area contributed by atoms with Crippen LogP contribution in [-0.4, -0.2) is 58.6 Å². The van der Waals surface area contributed by atoms with Gasteiger partial charge in [0.15, 0.2) is 0 Å². The summed E-state index contributed by atoms with van der Waals surface area (Å²) in [5.41, 5.74) is 0. The van der Waals surface area contributed by atoms with Gasteiger partial charge in [0.25, 0.3) is 0 Å². The van der Waals surface area contributed by atoms with Gasteiger partial charge >= 0.3 is 0 Å². The Morgan fingerprint density at radius 2 is 1.62 bits per heavy atom. The van der Waals surface area contributed by atoms with E-state index in [9.17, 15) is 5.11 Å². The number of nitrogens with zero attached hydrogens (tertiary/aromatic N) is 2. The van der Waals surface area contributed by atoms with Crippen LogP contribution in [0, 0.1) is 0 Å². The van der Waals surface area contributed by atoms with Crippen LogP contribution < -0.4 is 0 Å². The molecule has 2 aliphatic heterocycles. The van der Waals surface area contributed by atoms with E-state index >= 15 is 0 Å². The molecule has 94 valence electrons. The standard InChI is InChI=1S/C12H24N2OS/c1-10(16)13-6-2-11(3-7-13)14-8-4-12(15)5-9-14/h10-12,15-16H,2-9H2,1H3. The first-order valence-electron chi connectivity index (χ1n) is 6.51. The normalized spacial score (nSPS) is 29.4. The zero-order valence-electron chi connectivity index (χ0n) is 10.2. The highest BCUT2D eigenvalue weighted by Crippen LogP contribution is 2.22. The van der Waals surface area contributed by atoms with E-state index in [2.05, 4.69) is 29.4 Å². The van der Waals surface area contributed by atoms with Crippen molar-refractivity contribution in [3.05, 3.63) is 0 Å². The Morgan fingerprint density at radius 3 is 2.12 bits per heavy atom. The van der Waals surface area contributed by atoms with Crippen molar-refractivity contribution >= 4 is 12.6 Å². The van der Waals surface area contributed by atoms with Crippen molar-refractivity contribution in [3.63, 3.8) is 0 Å². The molecule has 2 saturated heterocycles. The van der Waals surface area contributed by atoms with Gasteiger partial charge in [-0.2, -0.15) is 12.6 Å². The number of piperidine rings is 2. The Labute approximate surface area is 104 Å². The molecule has 2 heterocycles. The van der Waals surface area contributed by atoms with Gasteiger partial charge in [-0.3, -0.25) is 4.90 Å². The van der Waals surface area contributed by atoms with Crippen molar-refractivity contribution in [1.29, 1.82) is 0 Å². The SMILES string of the molecule is CC(S)N1CCC(N2CCC(O)CC2)CC1. The fourth-order valence-electron chi connectivity index (χ4n) is 2.88. The van der Waals surface area contributed by atoms with Gasteiger partial charge in [0.05, 0.1) is 6.10 Å². The molecule has 0 spiro atoms. The van der Waals surface area contributed by atoms with Crippen molar-refractivity contribution in [2.75, 3.05) is 26.2 Å². The van der Waals surface area contributed by atoms with Crippen LogP contribution in [0.4, 0.5) is 0 Å². The van der Waals surface area contributed by atoms with Crippen LogP contribution in [-0.2, 0) is 0 Å². The number of rotatable bonds is 2. The molecule has 3 nitrogen and oxygen atoms in total. The molecule has 2 rings (SSSR count). The van der Waals surface area contributed by atoms with Crippen LogP contribution in [0.5, 0.6) is 0 Å². The van der Waals surface area contributed by atoms with E-state index in [0.717, 1.165) is 32.0 Å². The summed E-state index contributed by atoms with van der Waals surface area (Å²) >= 11 is 4.49. The highest BCUT2D eigenvalue weighted by molar-refractivity contribution is 7.80. The van der Waals surface area contributed by atoms with Crippen molar-refractivity contribution in [2.45, 2.75) is 50.1 Å². The maximum absolute atomic E-state index is 9.50. The molecular weight excluding hydrogens is 220 g/mol. The molecule has 0 amide bonds. The summed E-state index contributed by atoms with van der Waals surface area (Å²) in [5, 5.41) is 9.89. The number of aliphatic hydroxyl groups excluding tert-OH is 1. The molecule has 0 aliphatic carbocycles. The van der Waals surface area contributed by atoms with Crippen molar-refractivity contribution < 1.29 is 5.11 Å². The van der Waals surface area contributed by atoms with Crippen molar-refractivity contribution in [1.82, 2.24) is 9.80 Å². The topological polar surface area (TPSA) is 26.7 Å². The number of thiol groups is 1. The molecule has 0 aromatic rings. The van der Waals surface area contributed by atoms with E-state index in [4.69, 9.17) is 0 Å². The Kier molecular flexibility index (Phi) is 4.53. The fraction of sp³-hybridized carbons (Fsp3) is 1.00. The minimum absolute atomic E-state index is 0.0474. The molecule has 1 N–H and O–H groups in total. The lowest BCUT2D eigenvalue weighted by Gasteiger charge is -2.41. The second-order valence-electron chi connectivity index (χ2n) is 5.17. The number of hydrogen-bond acceptors (Lipinski definition) is 4. The fourth-order valence-corrected chi connectivity index (χ4v) is 3.11. The van der Waals surface area contributed by atoms with Gasteiger partial charge in [-0.15, -0.1) is 0 Å². The lowest BCUT2D eigenvalue weighted by Crippen LogP contribution is -2.49. The third-order valence-electron chi connectivity index (χ3n) is 4.04. The third kappa shape index (κ3) is 3.13. The van der Waals surface area contributed by atoms with Crippen LogP contribution in [0.3, 0.4) is 0 Å². The highest BCUT2D eigenvalue weighted by atomic mass is 32.1. The molecule has 1 unspecified atom stereocenters. The monoisotopic (exact) mass is 244 g/mol. The van der Waals surface area contributed by atoms with E-state index in [1.165, 1.54) is 25.9 Å². The van der Waals surface area contributed by atoms with E-state index in [1.54, 1.807) is 0 Å². The van der Waals surface area contributed by atoms with Gasteiger partial charge in [0.2, 0.25) is 0 Å². The van der Waals surface area contributed by atoms with Crippen molar-refractivity contribution in [3.8, 4) is 0 Å². The quantitative estimate of drug-likeness (QED) is 0.714. The molecule has 0 aromatic heterocycles. The Hall–Kier alpha value is 0.230. The third-order valence-corrected chi connectivity index (χ3v) is 4.37. The lowest BCUT2D eigenvalue weighted by molar-refractivity contribution is 0.0380. The van der Waals surface area contributed by atoms with E-state index in [0.29, 0.717) is 5.37 Å². The summed E-state index contributed by atoms with van der Waals surface area (Å²) in [5.74, 6) is 0. The first-order chi connectivity index (χ1) is 7.66. The number of hydrogen-bond donors (Lipinski definition) is 2. The predicted octanol–water partition coefficient (Wildman–Crippen LogP) is 1.18. The van der Waals surface area contributed by atoms with Crippen LogP contribution in [0.1, 0.15) is 32.6 Å². The molecule has 2 aliphatic rings. The molecule has 0 aromatic carbocycles. The summed E-state index contributed by atoms with van der Waals surface area (Å²) in [7, 11) is 0. The van der Waals surface area contributed by atoms with Gasteiger partial charge in [-0.25, -0.2) is 0 Å². The van der Waals surface area contributed by atoms with Crippen LogP contribution in [0.2, 0.25) is 0 Å². The molecule has 1 atom stereocenters. The first kappa shape index (κ1) is 12.7.